The predicted molar refractivity (Wildman–Crippen MR) is 137 cm³/mol. The van der Waals surface area contributed by atoms with E-state index in [0.717, 1.165) is 18.1 Å². The fraction of sp³-hybridized carbons (Fsp3) is 0.269. The van der Waals surface area contributed by atoms with Crippen LogP contribution in [-0.4, -0.2) is 55.8 Å². The Hall–Kier alpha value is -4.63. The van der Waals surface area contributed by atoms with Gasteiger partial charge < -0.3 is 24.5 Å². The number of benzene rings is 2. The molecule has 2 N–H and O–H groups in total. The summed E-state index contributed by atoms with van der Waals surface area (Å²) >= 11 is 0. The van der Waals surface area contributed by atoms with E-state index in [9.17, 15) is 8.78 Å². The number of hydrogen-bond donors (Lipinski definition) is 2. The van der Waals surface area contributed by atoms with Gasteiger partial charge in [0, 0.05) is 19.6 Å². The second-order valence-electron chi connectivity index (χ2n) is 8.94. The molecule has 10 nitrogen and oxygen atoms in total. The van der Waals surface area contributed by atoms with Crippen molar-refractivity contribution in [2.45, 2.75) is 19.5 Å². The number of nitrogens with one attached hydrogen (secondary N) is 2. The Morgan fingerprint density at radius 1 is 1.03 bits per heavy atom. The zero-order valence-electron chi connectivity index (χ0n) is 20.3. The second kappa shape index (κ2) is 10.0. The number of rotatable bonds is 7. The van der Waals surface area contributed by atoms with E-state index in [-0.39, 0.29) is 12.1 Å². The molecular weight excluding hydrogens is 492 g/mol. The fourth-order valence-electron chi connectivity index (χ4n) is 4.44. The van der Waals surface area contributed by atoms with Gasteiger partial charge in [0.1, 0.15) is 11.3 Å². The van der Waals surface area contributed by atoms with Crippen molar-refractivity contribution in [1.82, 2.24) is 29.5 Å². The number of anilines is 2. The summed E-state index contributed by atoms with van der Waals surface area (Å²) in [5.41, 5.74) is 3.36. The van der Waals surface area contributed by atoms with Crippen molar-refractivity contribution in [1.29, 1.82) is 5.26 Å². The molecule has 3 aromatic heterocycles. The molecule has 0 saturated carbocycles. The topological polar surface area (TPSA) is 121 Å². The fourth-order valence-corrected chi connectivity index (χ4v) is 4.44. The van der Waals surface area contributed by atoms with E-state index in [4.69, 9.17) is 20.0 Å². The van der Waals surface area contributed by atoms with Crippen LogP contribution in [0.5, 0.6) is 0 Å². The minimum absolute atomic E-state index is 0.0456. The van der Waals surface area contributed by atoms with Gasteiger partial charge in [-0.25, -0.2) is 18.7 Å². The molecule has 12 heteroatoms. The van der Waals surface area contributed by atoms with Gasteiger partial charge in [-0.1, -0.05) is 12.1 Å². The molecule has 0 unspecified atom stereocenters. The molecule has 0 atom stereocenters. The summed E-state index contributed by atoms with van der Waals surface area (Å²) in [5.74, 6) is -0.418. The molecule has 1 fully saturated rings. The quantitative estimate of drug-likeness (QED) is 0.338. The number of aryl methyl sites for hydroxylation is 2. The van der Waals surface area contributed by atoms with E-state index in [1.54, 1.807) is 18.5 Å². The van der Waals surface area contributed by atoms with E-state index in [1.165, 1.54) is 6.07 Å². The summed E-state index contributed by atoms with van der Waals surface area (Å²) in [6, 6.07) is 12.2. The monoisotopic (exact) mass is 515 g/mol. The zero-order valence-corrected chi connectivity index (χ0v) is 20.3. The highest BCUT2D eigenvalue weighted by atomic mass is 19.2. The largest absolute Gasteiger partial charge is 0.378 e. The van der Waals surface area contributed by atoms with Crippen molar-refractivity contribution in [3.63, 3.8) is 0 Å². The molecule has 0 aliphatic carbocycles. The highest BCUT2D eigenvalue weighted by Gasteiger charge is 2.20. The van der Waals surface area contributed by atoms with Crippen LogP contribution in [0.4, 0.5) is 20.5 Å². The second-order valence-corrected chi connectivity index (χ2v) is 8.94. The van der Waals surface area contributed by atoms with Crippen LogP contribution in [0, 0.1) is 23.0 Å². The number of nitriles is 1. The molecule has 38 heavy (non-hydrogen) atoms. The Balaban J connectivity index is 1.30. The molecule has 0 bridgehead atoms. The van der Waals surface area contributed by atoms with Gasteiger partial charge in [-0.3, -0.25) is 0 Å². The van der Waals surface area contributed by atoms with Gasteiger partial charge in [-0.05, 0) is 36.2 Å². The van der Waals surface area contributed by atoms with E-state index in [1.807, 2.05) is 16.7 Å². The molecule has 5 aromatic rings. The SMILES string of the molecule is N#Cc1ccc(CCn2cnc3c(NCc4nc5c(F)c(F)ccc5[nH]4)nc(N4CCOCC4)nc32)cc1. The molecule has 1 saturated heterocycles. The number of halogens is 2. The first-order chi connectivity index (χ1) is 18.6. The van der Waals surface area contributed by atoms with Crippen molar-refractivity contribution >= 4 is 34.0 Å². The van der Waals surface area contributed by atoms with Crippen molar-refractivity contribution in [3.8, 4) is 6.07 Å². The summed E-state index contributed by atoms with van der Waals surface area (Å²) in [7, 11) is 0. The van der Waals surface area contributed by atoms with Gasteiger partial charge in [0.2, 0.25) is 5.95 Å². The minimum atomic E-state index is -0.981. The Labute approximate surface area is 215 Å². The van der Waals surface area contributed by atoms with Crippen molar-refractivity contribution in [3.05, 3.63) is 71.3 Å². The van der Waals surface area contributed by atoms with E-state index >= 15 is 0 Å². The highest BCUT2D eigenvalue weighted by molar-refractivity contribution is 5.84. The van der Waals surface area contributed by atoms with E-state index in [0.29, 0.717) is 72.7 Å². The lowest BCUT2D eigenvalue weighted by atomic mass is 10.1. The van der Waals surface area contributed by atoms with Crippen LogP contribution in [0.15, 0.2) is 42.7 Å². The number of morpholine rings is 1. The average Bonchev–Trinajstić information content (AvgIpc) is 3.58. The maximum Gasteiger partial charge on any atom is 0.229 e. The third kappa shape index (κ3) is 4.59. The third-order valence-electron chi connectivity index (χ3n) is 6.49. The lowest BCUT2D eigenvalue weighted by Crippen LogP contribution is -2.37. The van der Waals surface area contributed by atoms with E-state index < -0.39 is 11.6 Å². The molecule has 2 aromatic carbocycles. The van der Waals surface area contributed by atoms with Gasteiger partial charge in [-0.2, -0.15) is 15.2 Å². The Kier molecular flexibility index (Phi) is 6.27. The first kappa shape index (κ1) is 23.7. The van der Waals surface area contributed by atoms with Crippen molar-refractivity contribution in [2.75, 3.05) is 36.5 Å². The molecule has 6 rings (SSSR count). The molecular formula is C26H23F2N9O. The lowest BCUT2D eigenvalue weighted by molar-refractivity contribution is 0.122. The van der Waals surface area contributed by atoms with Crippen molar-refractivity contribution in [2.24, 2.45) is 0 Å². The summed E-state index contributed by atoms with van der Waals surface area (Å²) in [6.45, 7) is 3.34. The number of fused-ring (bicyclic) bond motifs is 2. The average molecular weight is 516 g/mol. The maximum atomic E-state index is 14.1. The predicted octanol–water partition coefficient (Wildman–Crippen LogP) is 3.54. The molecule has 0 radical (unpaired) electrons. The number of nitrogens with zero attached hydrogens (tertiary/aromatic N) is 7. The lowest BCUT2D eigenvalue weighted by Gasteiger charge is -2.27. The summed E-state index contributed by atoms with van der Waals surface area (Å²) in [5, 5.41) is 12.3. The molecule has 4 heterocycles. The van der Waals surface area contributed by atoms with Crippen LogP contribution in [0.1, 0.15) is 17.0 Å². The Morgan fingerprint density at radius 2 is 1.84 bits per heavy atom. The number of aromatic amines is 1. The summed E-state index contributed by atoms with van der Waals surface area (Å²) in [4.78, 5) is 23.4. The molecule has 0 amide bonds. The zero-order chi connectivity index (χ0) is 26.1. The normalized spacial score (nSPS) is 13.8. The maximum absolute atomic E-state index is 14.1. The van der Waals surface area contributed by atoms with Gasteiger partial charge >= 0.3 is 0 Å². The molecule has 0 spiro atoms. The van der Waals surface area contributed by atoms with Gasteiger partial charge in [0.15, 0.2) is 28.6 Å². The summed E-state index contributed by atoms with van der Waals surface area (Å²) < 4.78 is 35.2. The number of ether oxygens (including phenoxy) is 1. The first-order valence-corrected chi connectivity index (χ1v) is 12.2. The standard InChI is InChI=1S/C26H23F2N9O/c27-18-5-6-19-22(21(18)28)33-20(32-19)14-30-24-23-25(35-26(34-24)36-9-11-38-12-10-36)37(15-31-23)8-7-16-1-3-17(13-29)4-2-16/h1-6,15H,7-12,14H2,(H,32,33)(H,30,34,35). The van der Waals surface area contributed by atoms with Crippen LogP contribution in [0.25, 0.3) is 22.2 Å². The highest BCUT2D eigenvalue weighted by Crippen LogP contribution is 2.25. The summed E-state index contributed by atoms with van der Waals surface area (Å²) in [6.07, 6.45) is 2.47. The Morgan fingerprint density at radius 3 is 2.63 bits per heavy atom. The van der Waals surface area contributed by atoms with Gasteiger partial charge in [0.05, 0.1) is 43.2 Å². The molecule has 192 valence electrons. The number of H-pyrrole nitrogens is 1. The van der Waals surface area contributed by atoms with Gasteiger partial charge in [-0.15, -0.1) is 0 Å². The van der Waals surface area contributed by atoms with Gasteiger partial charge in [0.25, 0.3) is 0 Å². The Bertz CT molecular complexity index is 1650. The first-order valence-electron chi connectivity index (χ1n) is 12.2. The molecule has 1 aliphatic heterocycles. The number of hydrogen-bond acceptors (Lipinski definition) is 8. The van der Waals surface area contributed by atoms with Crippen LogP contribution in [-0.2, 0) is 24.2 Å². The molecule has 1 aliphatic rings. The van der Waals surface area contributed by atoms with E-state index in [2.05, 4.69) is 31.2 Å². The smallest absolute Gasteiger partial charge is 0.229 e. The number of imidazole rings is 2. The van der Waals surface area contributed by atoms with Crippen LogP contribution < -0.4 is 10.2 Å². The van der Waals surface area contributed by atoms with Crippen LogP contribution in [0.3, 0.4) is 0 Å². The number of aromatic nitrogens is 6. The minimum Gasteiger partial charge on any atom is -0.378 e. The van der Waals surface area contributed by atoms with Crippen molar-refractivity contribution < 1.29 is 13.5 Å². The van der Waals surface area contributed by atoms with Crippen LogP contribution in [0.2, 0.25) is 0 Å². The van der Waals surface area contributed by atoms with Crippen LogP contribution >= 0.6 is 0 Å². The third-order valence-corrected chi connectivity index (χ3v) is 6.49.